The molecule has 1 saturated carbocycles. The molecule has 1 saturated heterocycles. The minimum atomic E-state index is -0.947. The zero-order chi connectivity index (χ0) is 16.8. The first kappa shape index (κ1) is 16.9. The van der Waals surface area contributed by atoms with Gasteiger partial charge in [-0.25, -0.2) is 4.39 Å². The molecular formula is C17H22BrFN2O2. The molecule has 23 heavy (non-hydrogen) atoms. The van der Waals surface area contributed by atoms with Crippen molar-refractivity contribution in [3.05, 3.63) is 34.1 Å². The zero-order valence-electron chi connectivity index (χ0n) is 13.4. The summed E-state index contributed by atoms with van der Waals surface area (Å²) in [4.78, 5) is 12.8. The molecule has 1 aliphatic carbocycles. The number of carbonyl (C=O) groups excluding carboxylic acids is 1. The first-order valence-corrected chi connectivity index (χ1v) is 8.70. The van der Waals surface area contributed by atoms with Gasteiger partial charge in [-0.3, -0.25) is 4.79 Å². The molecule has 3 rings (SSSR count). The Balaban J connectivity index is 1.73. The number of fused-ring (bicyclic) bond motifs is 1. The molecule has 1 aromatic rings. The van der Waals surface area contributed by atoms with Crippen molar-refractivity contribution in [1.82, 2.24) is 5.32 Å². The fourth-order valence-corrected chi connectivity index (χ4v) is 4.42. The lowest BCUT2D eigenvalue weighted by molar-refractivity contribution is -0.225. The Morgan fingerprint density at radius 3 is 3.00 bits per heavy atom. The van der Waals surface area contributed by atoms with Gasteiger partial charge in [-0.1, -0.05) is 29.8 Å². The number of nitrogens with two attached hydrogens (primary N) is 1. The van der Waals surface area contributed by atoms with Crippen LogP contribution in [0.5, 0.6) is 0 Å². The standard InChI is InChI=1S/C17H22BrFN2O2/c1-16(2)14-12(4-3-7-23-14)17(16,20)15(22)21-9-10-8-11(19)5-6-13(10)18/h5-6,8,12,14H,3-4,7,9,20H2,1-2H3,(H,21,22). The number of ether oxygens (including phenoxy) is 1. The second-order valence-corrected chi connectivity index (χ2v) is 7.90. The van der Waals surface area contributed by atoms with E-state index in [4.69, 9.17) is 10.5 Å². The molecule has 2 aliphatic rings. The lowest BCUT2D eigenvalue weighted by Crippen LogP contribution is -2.82. The van der Waals surface area contributed by atoms with E-state index in [2.05, 4.69) is 21.2 Å². The van der Waals surface area contributed by atoms with Crippen LogP contribution in [0.2, 0.25) is 0 Å². The highest BCUT2D eigenvalue weighted by Gasteiger charge is 2.70. The number of rotatable bonds is 3. The highest BCUT2D eigenvalue weighted by atomic mass is 79.9. The van der Waals surface area contributed by atoms with Crippen LogP contribution in [0, 0.1) is 17.2 Å². The maximum absolute atomic E-state index is 13.4. The fraction of sp³-hybridized carbons (Fsp3) is 0.588. The molecule has 126 valence electrons. The third-order valence-electron chi connectivity index (χ3n) is 5.51. The van der Waals surface area contributed by atoms with Gasteiger partial charge < -0.3 is 15.8 Å². The van der Waals surface area contributed by atoms with Crippen molar-refractivity contribution in [3.63, 3.8) is 0 Å². The average Bonchev–Trinajstić information content (AvgIpc) is 2.54. The maximum Gasteiger partial charge on any atom is 0.241 e. The van der Waals surface area contributed by atoms with Crippen LogP contribution in [0.4, 0.5) is 4.39 Å². The van der Waals surface area contributed by atoms with Gasteiger partial charge in [0.15, 0.2) is 0 Å². The van der Waals surface area contributed by atoms with Crippen molar-refractivity contribution in [2.75, 3.05) is 6.61 Å². The van der Waals surface area contributed by atoms with E-state index >= 15 is 0 Å². The molecule has 0 radical (unpaired) electrons. The number of benzene rings is 1. The second-order valence-electron chi connectivity index (χ2n) is 7.05. The number of nitrogens with one attached hydrogen (secondary N) is 1. The summed E-state index contributed by atoms with van der Waals surface area (Å²) in [5, 5.41) is 2.88. The number of hydrogen-bond acceptors (Lipinski definition) is 3. The van der Waals surface area contributed by atoms with E-state index in [0.717, 1.165) is 23.9 Å². The van der Waals surface area contributed by atoms with Gasteiger partial charge in [0.1, 0.15) is 11.4 Å². The minimum absolute atomic E-state index is 0.0351. The predicted octanol–water partition coefficient (Wildman–Crippen LogP) is 2.74. The maximum atomic E-state index is 13.4. The summed E-state index contributed by atoms with van der Waals surface area (Å²) in [5.41, 5.74) is 5.86. The molecule has 3 unspecified atom stereocenters. The molecule has 2 fully saturated rings. The summed E-state index contributed by atoms with van der Waals surface area (Å²) < 4.78 is 19.9. The van der Waals surface area contributed by atoms with E-state index in [1.54, 1.807) is 6.07 Å². The molecule has 0 aromatic heterocycles. The van der Waals surface area contributed by atoms with Crippen molar-refractivity contribution in [2.45, 2.75) is 44.9 Å². The van der Waals surface area contributed by atoms with Crippen molar-refractivity contribution >= 4 is 21.8 Å². The Bertz CT molecular complexity index is 637. The van der Waals surface area contributed by atoms with Crippen molar-refractivity contribution in [3.8, 4) is 0 Å². The third kappa shape index (κ3) is 2.51. The third-order valence-corrected chi connectivity index (χ3v) is 6.28. The smallest absolute Gasteiger partial charge is 0.241 e. The first-order chi connectivity index (χ1) is 10.8. The Morgan fingerprint density at radius 2 is 2.26 bits per heavy atom. The van der Waals surface area contributed by atoms with Gasteiger partial charge in [0.2, 0.25) is 5.91 Å². The number of hydrogen-bond donors (Lipinski definition) is 2. The Labute approximate surface area is 144 Å². The summed E-state index contributed by atoms with van der Waals surface area (Å²) in [6.45, 7) is 4.94. The van der Waals surface area contributed by atoms with E-state index in [0.29, 0.717) is 5.56 Å². The largest absolute Gasteiger partial charge is 0.377 e. The lowest BCUT2D eigenvalue weighted by Gasteiger charge is -2.65. The molecule has 0 spiro atoms. The van der Waals surface area contributed by atoms with Crippen LogP contribution in [0.1, 0.15) is 32.3 Å². The van der Waals surface area contributed by atoms with Gasteiger partial charge in [-0.05, 0) is 36.6 Å². The quantitative estimate of drug-likeness (QED) is 0.841. The number of amides is 1. The van der Waals surface area contributed by atoms with Gasteiger partial charge in [0.05, 0.1) is 6.10 Å². The topological polar surface area (TPSA) is 64.3 Å². The summed E-state index contributed by atoms with van der Waals surface area (Å²) in [6, 6.07) is 4.41. The fourth-order valence-electron chi connectivity index (χ4n) is 4.04. The van der Waals surface area contributed by atoms with Gasteiger partial charge in [0.25, 0.3) is 0 Å². The van der Waals surface area contributed by atoms with E-state index < -0.39 is 11.0 Å². The van der Waals surface area contributed by atoms with E-state index in [1.165, 1.54) is 12.1 Å². The molecule has 0 bridgehead atoms. The van der Waals surface area contributed by atoms with Crippen molar-refractivity contribution in [1.29, 1.82) is 0 Å². The van der Waals surface area contributed by atoms with Crippen molar-refractivity contribution in [2.24, 2.45) is 17.1 Å². The van der Waals surface area contributed by atoms with Crippen LogP contribution in [-0.2, 0) is 16.1 Å². The Kier molecular flexibility index (Phi) is 4.27. The molecule has 3 N–H and O–H groups in total. The highest BCUT2D eigenvalue weighted by molar-refractivity contribution is 9.10. The normalized spacial score (nSPS) is 31.9. The van der Waals surface area contributed by atoms with E-state index in [9.17, 15) is 9.18 Å². The number of carbonyl (C=O) groups is 1. The van der Waals surface area contributed by atoms with Gasteiger partial charge in [-0.15, -0.1) is 0 Å². The minimum Gasteiger partial charge on any atom is -0.377 e. The monoisotopic (exact) mass is 384 g/mol. The van der Waals surface area contributed by atoms with Crippen LogP contribution in [0.25, 0.3) is 0 Å². The first-order valence-electron chi connectivity index (χ1n) is 7.91. The Hall–Kier alpha value is -0.980. The lowest BCUT2D eigenvalue weighted by atomic mass is 9.46. The molecular weight excluding hydrogens is 363 g/mol. The molecule has 6 heteroatoms. The van der Waals surface area contributed by atoms with Gasteiger partial charge in [-0.2, -0.15) is 0 Å². The molecule has 1 heterocycles. The predicted molar refractivity (Wildman–Crippen MR) is 89.1 cm³/mol. The van der Waals surface area contributed by atoms with E-state index in [1.807, 2.05) is 13.8 Å². The van der Waals surface area contributed by atoms with Crippen LogP contribution >= 0.6 is 15.9 Å². The SMILES string of the molecule is CC1(C)C2OCCCC2C1(N)C(=O)NCc1cc(F)ccc1Br. The number of halogens is 2. The zero-order valence-corrected chi connectivity index (χ0v) is 15.0. The van der Waals surface area contributed by atoms with Crippen LogP contribution < -0.4 is 11.1 Å². The summed E-state index contributed by atoms with van der Waals surface area (Å²) in [6.07, 6.45) is 1.87. The van der Waals surface area contributed by atoms with E-state index in [-0.39, 0.29) is 30.3 Å². The average molecular weight is 385 g/mol. The summed E-state index contributed by atoms with van der Waals surface area (Å²) >= 11 is 3.37. The van der Waals surface area contributed by atoms with Crippen LogP contribution in [-0.4, -0.2) is 24.2 Å². The summed E-state index contributed by atoms with van der Waals surface area (Å²) in [7, 11) is 0. The van der Waals surface area contributed by atoms with Crippen molar-refractivity contribution < 1.29 is 13.9 Å². The molecule has 4 nitrogen and oxygen atoms in total. The molecule has 1 aliphatic heterocycles. The summed E-state index contributed by atoms with van der Waals surface area (Å²) in [5.74, 6) is -0.475. The highest BCUT2D eigenvalue weighted by Crippen LogP contribution is 2.57. The Morgan fingerprint density at radius 1 is 1.52 bits per heavy atom. The molecule has 3 atom stereocenters. The molecule has 1 aromatic carbocycles. The van der Waals surface area contributed by atoms with Gasteiger partial charge in [0, 0.05) is 29.0 Å². The van der Waals surface area contributed by atoms with Crippen LogP contribution in [0.3, 0.4) is 0 Å². The van der Waals surface area contributed by atoms with Gasteiger partial charge >= 0.3 is 0 Å². The second kappa shape index (κ2) is 5.83. The van der Waals surface area contributed by atoms with Crippen LogP contribution in [0.15, 0.2) is 22.7 Å². The molecule has 1 amide bonds.